The van der Waals surface area contributed by atoms with E-state index in [0.717, 1.165) is 31.2 Å². The van der Waals surface area contributed by atoms with Crippen molar-refractivity contribution in [2.24, 2.45) is 0 Å². The second-order valence-electron chi connectivity index (χ2n) is 4.67. The molecule has 1 saturated heterocycles. The minimum Gasteiger partial charge on any atom is -0.312 e. The quantitative estimate of drug-likeness (QED) is 0.892. The number of rotatable bonds is 2. The lowest BCUT2D eigenvalue weighted by molar-refractivity contribution is 0.199. The van der Waals surface area contributed by atoms with Gasteiger partial charge in [-0.05, 0) is 31.0 Å². The number of aryl methyl sites for hydroxylation is 1. The summed E-state index contributed by atoms with van der Waals surface area (Å²) in [4.78, 5) is 2.49. The van der Waals surface area contributed by atoms with Crippen molar-refractivity contribution in [3.63, 3.8) is 0 Å². The van der Waals surface area contributed by atoms with Crippen LogP contribution in [-0.2, 0) is 6.54 Å². The van der Waals surface area contributed by atoms with Gasteiger partial charge in [0.2, 0.25) is 0 Å². The van der Waals surface area contributed by atoms with Crippen molar-refractivity contribution in [1.29, 1.82) is 0 Å². The highest BCUT2D eigenvalue weighted by Crippen LogP contribution is 2.17. The Morgan fingerprint density at radius 1 is 1.47 bits per heavy atom. The Morgan fingerprint density at radius 3 is 2.88 bits per heavy atom. The van der Waals surface area contributed by atoms with Gasteiger partial charge in [0, 0.05) is 37.2 Å². The maximum absolute atomic E-state index is 6.02. The summed E-state index contributed by atoms with van der Waals surface area (Å²) in [6, 6.07) is 6.91. The van der Waals surface area contributed by atoms with Crippen molar-refractivity contribution in [2.75, 3.05) is 19.6 Å². The van der Waals surface area contributed by atoms with Crippen molar-refractivity contribution in [3.05, 3.63) is 34.3 Å². The lowest BCUT2D eigenvalue weighted by atomic mass is 10.1. The third-order valence-electron chi connectivity index (χ3n) is 3.08. The molecule has 0 saturated carbocycles. The standard InChI is InChI=1S/C13H19ClN2.ClH/c1-10-7-12(3-4-13(10)14)9-16-6-5-15-11(2)8-16;/h3-4,7,11,15H,5-6,8-9H2,1-2H3;1H/t11-;/m0./s1. The van der Waals surface area contributed by atoms with E-state index < -0.39 is 0 Å². The third-order valence-corrected chi connectivity index (χ3v) is 3.51. The molecule has 1 atom stereocenters. The number of hydrogen-bond acceptors (Lipinski definition) is 2. The van der Waals surface area contributed by atoms with E-state index >= 15 is 0 Å². The molecule has 1 aliphatic rings. The lowest BCUT2D eigenvalue weighted by Crippen LogP contribution is -2.48. The first-order chi connectivity index (χ1) is 7.65. The highest BCUT2D eigenvalue weighted by Gasteiger charge is 2.15. The first-order valence-corrected chi connectivity index (χ1v) is 6.24. The molecule has 1 aromatic rings. The largest absolute Gasteiger partial charge is 0.312 e. The van der Waals surface area contributed by atoms with Gasteiger partial charge in [-0.15, -0.1) is 12.4 Å². The van der Waals surface area contributed by atoms with E-state index in [0.29, 0.717) is 6.04 Å². The van der Waals surface area contributed by atoms with Gasteiger partial charge in [-0.3, -0.25) is 4.90 Å². The Hall–Kier alpha value is -0.280. The van der Waals surface area contributed by atoms with Crippen LogP contribution in [0.25, 0.3) is 0 Å². The highest BCUT2D eigenvalue weighted by molar-refractivity contribution is 6.31. The van der Waals surface area contributed by atoms with Crippen molar-refractivity contribution in [2.45, 2.75) is 26.4 Å². The van der Waals surface area contributed by atoms with Crippen molar-refractivity contribution in [3.8, 4) is 0 Å². The van der Waals surface area contributed by atoms with Gasteiger partial charge in [0.1, 0.15) is 0 Å². The molecule has 2 rings (SSSR count). The molecule has 0 unspecified atom stereocenters. The SMILES string of the molecule is Cc1cc(CN2CCN[C@@H](C)C2)ccc1Cl.Cl. The molecule has 1 heterocycles. The van der Waals surface area contributed by atoms with E-state index in [1.807, 2.05) is 6.07 Å². The molecule has 1 fully saturated rings. The Kier molecular flexibility index (Phi) is 5.74. The minimum atomic E-state index is 0. The molecule has 1 aromatic carbocycles. The smallest absolute Gasteiger partial charge is 0.0435 e. The van der Waals surface area contributed by atoms with Gasteiger partial charge in [0.05, 0.1) is 0 Å². The van der Waals surface area contributed by atoms with Gasteiger partial charge in [-0.2, -0.15) is 0 Å². The fraction of sp³-hybridized carbons (Fsp3) is 0.538. The maximum atomic E-state index is 6.02. The maximum Gasteiger partial charge on any atom is 0.0435 e. The average molecular weight is 275 g/mol. The predicted octanol–water partition coefficient (Wildman–Crippen LogP) is 2.86. The molecule has 0 amide bonds. The van der Waals surface area contributed by atoms with Crippen LogP contribution in [0.2, 0.25) is 5.02 Å². The van der Waals surface area contributed by atoms with Gasteiger partial charge < -0.3 is 5.32 Å². The normalized spacial score (nSPS) is 21.0. The van der Waals surface area contributed by atoms with Crippen molar-refractivity contribution >= 4 is 24.0 Å². The molecule has 17 heavy (non-hydrogen) atoms. The van der Waals surface area contributed by atoms with Crippen LogP contribution in [0.15, 0.2) is 18.2 Å². The molecule has 96 valence electrons. The first kappa shape index (κ1) is 14.8. The molecule has 1 aliphatic heterocycles. The molecular formula is C13H20Cl2N2. The molecule has 0 spiro atoms. The number of halogens is 2. The van der Waals surface area contributed by atoms with Crippen LogP contribution in [0.4, 0.5) is 0 Å². The van der Waals surface area contributed by atoms with Crippen LogP contribution in [0, 0.1) is 6.92 Å². The zero-order chi connectivity index (χ0) is 11.5. The van der Waals surface area contributed by atoms with E-state index in [1.54, 1.807) is 0 Å². The van der Waals surface area contributed by atoms with Gasteiger partial charge in [-0.1, -0.05) is 23.7 Å². The fourth-order valence-corrected chi connectivity index (χ4v) is 2.34. The summed E-state index contributed by atoms with van der Waals surface area (Å²) in [5.41, 5.74) is 2.53. The van der Waals surface area contributed by atoms with Crippen LogP contribution in [0.5, 0.6) is 0 Å². The van der Waals surface area contributed by atoms with Gasteiger partial charge >= 0.3 is 0 Å². The third kappa shape index (κ3) is 4.14. The van der Waals surface area contributed by atoms with Crippen LogP contribution in [-0.4, -0.2) is 30.6 Å². The summed E-state index contributed by atoms with van der Waals surface area (Å²) in [5, 5.41) is 4.31. The second-order valence-corrected chi connectivity index (χ2v) is 5.08. The van der Waals surface area contributed by atoms with E-state index in [4.69, 9.17) is 11.6 Å². The van der Waals surface area contributed by atoms with Gasteiger partial charge in [-0.25, -0.2) is 0 Å². The Labute approximate surface area is 115 Å². The van der Waals surface area contributed by atoms with Gasteiger partial charge in [0.15, 0.2) is 0 Å². The van der Waals surface area contributed by atoms with Crippen LogP contribution < -0.4 is 5.32 Å². The summed E-state index contributed by atoms with van der Waals surface area (Å²) in [6.07, 6.45) is 0. The number of piperazine rings is 1. The summed E-state index contributed by atoms with van der Waals surface area (Å²) in [7, 11) is 0. The molecule has 0 bridgehead atoms. The van der Waals surface area contributed by atoms with Crippen LogP contribution in [0.3, 0.4) is 0 Å². The van der Waals surface area contributed by atoms with E-state index in [2.05, 4.69) is 36.2 Å². The molecule has 0 radical (unpaired) electrons. The molecule has 1 N–H and O–H groups in total. The lowest BCUT2D eigenvalue weighted by Gasteiger charge is -2.31. The molecule has 0 aromatic heterocycles. The van der Waals surface area contributed by atoms with Crippen LogP contribution >= 0.6 is 24.0 Å². The number of nitrogens with one attached hydrogen (secondary N) is 1. The zero-order valence-electron chi connectivity index (χ0n) is 10.4. The molecule has 0 aliphatic carbocycles. The van der Waals surface area contributed by atoms with Crippen molar-refractivity contribution < 1.29 is 0 Å². The van der Waals surface area contributed by atoms with E-state index in [9.17, 15) is 0 Å². The summed E-state index contributed by atoms with van der Waals surface area (Å²) in [5.74, 6) is 0. The minimum absolute atomic E-state index is 0. The highest BCUT2D eigenvalue weighted by atomic mass is 35.5. The summed E-state index contributed by atoms with van der Waals surface area (Å²) < 4.78 is 0. The summed E-state index contributed by atoms with van der Waals surface area (Å²) >= 11 is 6.02. The Morgan fingerprint density at radius 2 is 2.24 bits per heavy atom. The zero-order valence-corrected chi connectivity index (χ0v) is 11.9. The Bertz CT molecular complexity index is 368. The van der Waals surface area contributed by atoms with E-state index in [-0.39, 0.29) is 12.4 Å². The fourth-order valence-electron chi connectivity index (χ4n) is 2.22. The monoisotopic (exact) mass is 274 g/mol. The van der Waals surface area contributed by atoms with Crippen LogP contribution in [0.1, 0.15) is 18.1 Å². The van der Waals surface area contributed by atoms with Gasteiger partial charge in [0.25, 0.3) is 0 Å². The molecule has 2 nitrogen and oxygen atoms in total. The van der Waals surface area contributed by atoms with Crippen molar-refractivity contribution in [1.82, 2.24) is 10.2 Å². The number of nitrogens with zero attached hydrogens (tertiary/aromatic N) is 1. The first-order valence-electron chi connectivity index (χ1n) is 5.86. The average Bonchev–Trinajstić information content (AvgIpc) is 2.24. The molecular weight excluding hydrogens is 255 g/mol. The number of hydrogen-bond donors (Lipinski definition) is 1. The Balaban J connectivity index is 0.00000144. The summed E-state index contributed by atoms with van der Waals surface area (Å²) in [6.45, 7) is 8.68. The predicted molar refractivity (Wildman–Crippen MR) is 76.2 cm³/mol. The van der Waals surface area contributed by atoms with E-state index in [1.165, 1.54) is 11.1 Å². The topological polar surface area (TPSA) is 15.3 Å². The number of benzene rings is 1. The molecule has 4 heteroatoms. The second kappa shape index (κ2) is 6.60.